The highest BCUT2D eigenvalue weighted by Crippen LogP contribution is 2.34. The summed E-state index contributed by atoms with van der Waals surface area (Å²) in [6.45, 7) is -0.0278. The third-order valence-corrected chi connectivity index (χ3v) is 6.46. The van der Waals surface area contributed by atoms with Crippen LogP contribution in [-0.4, -0.2) is 37.0 Å². The highest BCUT2D eigenvalue weighted by atomic mass is 35.5. The molecule has 0 bridgehead atoms. The number of para-hydroxylation sites is 1. The number of piperazine rings is 1. The number of carbonyl (C=O) groups excluding carboxylic acids is 1. The van der Waals surface area contributed by atoms with Gasteiger partial charge >= 0.3 is 5.63 Å². The van der Waals surface area contributed by atoms with Crippen molar-refractivity contribution in [3.63, 3.8) is 0 Å². The molecule has 0 spiro atoms. The lowest BCUT2D eigenvalue weighted by Gasteiger charge is -2.36. The van der Waals surface area contributed by atoms with E-state index in [-0.39, 0.29) is 32.1 Å². The Hall–Kier alpha value is -3.85. The minimum atomic E-state index is -1.67. The van der Waals surface area contributed by atoms with Gasteiger partial charge in [0.05, 0.1) is 5.56 Å². The Balaban J connectivity index is 1.37. The van der Waals surface area contributed by atoms with Crippen LogP contribution in [0.2, 0.25) is 5.02 Å². The maximum atomic E-state index is 14.3. The summed E-state index contributed by atoms with van der Waals surface area (Å²) in [5.74, 6) is -6.87. The SMILES string of the molecule is O=C(c1cccc(-c2cc3ccccc3oc2=O)c1)N1CCN(c2c(F)c(F)c(Cl)c(F)c2F)CC1. The first kappa shape index (κ1) is 23.9. The molecule has 4 aromatic rings. The lowest BCUT2D eigenvalue weighted by atomic mass is 10.0. The average molecular weight is 517 g/mol. The van der Waals surface area contributed by atoms with Crippen molar-refractivity contribution in [3.8, 4) is 11.1 Å². The van der Waals surface area contributed by atoms with E-state index in [4.69, 9.17) is 16.0 Å². The van der Waals surface area contributed by atoms with Gasteiger partial charge in [-0.25, -0.2) is 22.4 Å². The number of halogens is 5. The molecule has 1 aliphatic rings. The predicted octanol–water partition coefficient (Wildman–Crippen LogP) is 5.63. The number of fused-ring (bicyclic) bond motifs is 1. The second kappa shape index (κ2) is 9.31. The standard InChI is InChI=1S/C26H17ClF4N2O3/c27-19-20(28)22(30)24(23(31)21(19)29)32-8-10-33(11-9-32)25(34)16-6-3-5-14(12-16)17-13-15-4-1-2-7-18(15)36-26(17)35/h1-7,12-13H,8-11H2. The van der Waals surface area contributed by atoms with Crippen molar-refractivity contribution in [2.75, 3.05) is 31.1 Å². The largest absolute Gasteiger partial charge is 0.422 e. The fraction of sp³-hybridized carbons (Fsp3) is 0.154. The van der Waals surface area contributed by atoms with Crippen LogP contribution in [-0.2, 0) is 0 Å². The molecule has 2 heterocycles. The average Bonchev–Trinajstić information content (AvgIpc) is 2.90. The number of rotatable bonds is 3. The highest BCUT2D eigenvalue weighted by Gasteiger charge is 2.31. The summed E-state index contributed by atoms with van der Waals surface area (Å²) >= 11 is 5.30. The fourth-order valence-corrected chi connectivity index (χ4v) is 4.44. The van der Waals surface area contributed by atoms with Gasteiger partial charge in [-0.05, 0) is 29.8 Å². The van der Waals surface area contributed by atoms with Crippen LogP contribution in [0.5, 0.6) is 0 Å². The summed E-state index contributed by atoms with van der Waals surface area (Å²) < 4.78 is 61.8. The van der Waals surface area contributed by atoms with E-state index in [0.717, 1.165) is 10.3 Å². The summed E-state index contributed by atoms with van der Waals surface area (Å²) in [5, 5.41) is -0.516. The molecule has 0 aliphatic carbocycles. The molecule has 5 rings (SSSR count). The molecule has 1 amide bonds. The third-order valence-electron chi connectivity index (χ3n) is 6.13. The normalized spacial score (nSPS) is 13.9. The molecule has 5 nitrogen and oxygen atoms in total. The van der Waals surface area contributed by atoms with E-state index in [0.29, 0.717) is 22.3 Å². The van der Waals surface area contributed by atoms with E-state index in [1.165, 1.54) is 4.90 Å². The molecule has 0 N–H and O–H groups in total. The van der Waals surface area contributed by atoms with Gasteiger partial charge in [0.2, 0.25) is 0 Å². The first-order chi connectivity index (χ1) is 17.3. The molecule has 184 valence electrons. The fourth-order valence-electron chi connectivity index (χ4n) is 4.27. The van der Waals surface area contributed by atoms with Gasteiger partial charge in [-0.2, -0.15) is 0 Å². The highest BCUT2D eigenvalue weighted by molar-refractivity contribution is 6.31. The molecule has 1 saturated heterocycles. The topological polar surface area (TPSA) is 53.8 Å². The molecular formula is C26H17ClF4N2O3. The number of benzene rings is 3. The van der Waals surface area contributed by atoms with Crippen molar-refractivity contribution in [3.05, 3.63) is 98.9 Å². The Bertz CT molecular complexity index is 1540. The summed E-state index contributed by atoms with van der Waals surface area (Å²) in [7, 11) is 0. The first-order valence-corrected chi connectivity index (χ1v) is 11.3. The number of anilines is 1. The van der Waals surface area contributed by atoms with E-state index < -0.39 is 39.6 Å². The maximum Gasteiger partial charge on any atom is 0.344 e. The van der Waals surface area contributed by atoms with Crippen LogP contribution in [0.4, 0.5) is 23.2 Å². The van der Waals surface area contributed by atoms with E-state index in [2.05, 4.69) is 0 Å². The van der Waals surface area contributed by atoms with Crippen molar-refractivity contribution in [1.82, 2.24) is 4.90 Å². The molecule has 1 aliphatic heterocycles. The number of hydrogen-bond donors (Lipinski definition) is 0. The maximum absolute atomic E-state index is 14.3. The summed E-state index contributed by atoms with van der Waals surface area (Å²) in [5.41, 5.74) is 0.144. The molecule has 36 heavy (non-hydrogen) atoms. The van der Waals surface area contributed by atoms with Gasteiger partial charge < -0.3 is 14.2 Å². The smallest absolute Gasteiger partial charge is 0.344 e. The second-order valence-electron chi connectivity index (χ2n) is 8.26. The van der Waals surface area contributed by atoms with Crippen LogP contribution in [0.1, 0.15) is 10.4 Å². The third kappa shape index (κ3) is 4.09. The molecule has 1 aromatic heterocycles. The molecular weight excluding hydrogens is 500 g/mol. The van der Waals surface area contributed by atoms with E-state index in [9.17, 15) is 27.2 Å². The monoisotopic (exact) mass is 516 g/mol. The Labute approximate surface area is 207 Å². The summed E-state index contributed by atoms with van der Waals surface area (Å²) in [4.78, 5) is 28.2. The first-order valence-electron chi connectivity index (χ1n) is 10.9. The molecule has 0 unspecified atom stereocenters. The molecule has 1 fully saturated rings. The van der Waals surface area contributed by atoms with Gasteiger partial charge in [0.25, 0.3) is 5.91 Å². The lowest BCUT2D eigenvalue weighted by molar-refractivity contribution is 0.0746. The Morgan fingerprint density at radius 1 is 0.833 bits per heavy atom. The molecule has 10 heteroatoms. The molecule has 0 atom stereocenters. The minimum Gasteiger partial charge on any atom is -0.422 e. The van der Waals surface area contributed by atoms with Gasteiger partial charge in [0, 0.05) is 37.1 Å². The Morgan fingerprint density at radius 3 is 2.19 bits per heavy atom. The van der Waals surface area contributed by atoms with E-state index >= 15 is 0 Å². The van der Waals surface area contributed by atoms with Crippen molar-refractivity contribution in [1.29, 1.82) is 0 Å². The molecule has 0 saturated carbocycles. The lowest BCUT2D eigenvalue weighted by Crippen LogP contribution is -2.49. The van der Waals surface area contributed by atoms with Crippen LogP contribution in [0.25, 0.3) is 22.1 Å². The number of hydrogen-bond acceptors (Lipinski definition) is 4. The van der Waals surface area contributed by atoms with Gasteiger partial charge in [0.15, 0.2) is 23.3 Å². The van der Waals surface area contributed by atoms with Crippen molar-refractivity contribution < 1.29 is 26.8 Å². The minimum absolute atomic E-state index is 0.0475. The van der Waals surface area contributed by atoms with Crippen LogP contribution in [0.15, 0.2) is 63.8 Å². The zero-order valence-corrected chi connectivity index (χ0v) is 19.3. The molecule has 3 aromatic carbocycles. The van der Waals surface area contributed by atoms with Crippen molar-refractivity contribution >= 4 is 34.2 Å². The Morgan fingerprint density at radius 2 is 1.50 bits per heavy atom. The number of amides is 1. The van der Waals surface area contributed by atoms with Gasteiger partial charge in [0.1, 0.15) is 16.3 Å². The quantitative estimate of drug-likeness (QED) is 0.153. The van der Waals surface area contributed by atoms with Crippen LogP contribution in [0, 0.1) is 23.3 Å². The number of nitrogens with zero attached hydrogens (tertiary/aromatic N) is 2. The van der Waals surface area contributed by atoms with Gasteiger partial charge in [-0.15, -0.1) is 0 Å². The van der Waals surface area contributed by atoms with Gasteiger partial charge in [-0.3, -0.25) is 4.79 Å². The summed E-state index contributed by atoms with van der Waals surface area (Å²) in [6, 6.07) is 15.2. The van der Waals surface area contributed by atoms with E-state index in [1.54, 1.807) is 48.5 Å². The summed E-state index contributed by atoms with van der Waals surface area (Å²) in [6.07, 6.45) is 0. The number of carbonyl (C=O) groups is 1. The zero-order chi connectivity index (χ0) is 25.6. The van der Waals surface area contributed by atoms with Gasteiger partial charge in [-0.1, -0.05) is 41.9 Å². The Kier molecular flexibility index (Phi) is 6.17. The van der Waals surface area contributed by atoms with Crippen molar-refractivity contribution in [2.24, 2.45) is 0 Å². The van der Waals surface area contributed by atoms with Crippen LogP contribution >= 0.6 is 11.6 Å². The predicted molar refractivity (Wildman–Crippen MR) is 127 cm³/mol. The zero-order valence-electron chi connectivity index (χ0n) is 18.5. The van der Waals surface area contributed by atoms with E-state index in [1.807, 2.05) is 6.07 Å². The van der Waals surface area contributed by atoms with Crippen molar-refractivity contribution in [2.45, 2.75) is 0 Å². The van der Waals surface area contributed by atoms with Crippen LogP contribution in [0.3, 0.4) is 0 Å². The second-order valence-corrected chi connectivity index (χ2v) is 8.64. The molecule has 0 radical (unpaired) electrons. The van der Waals surface area contributed by atoms with Crippen LogP contribution < -0.4 is 10.5 Å².